The van der Waals surface area contributed by atoms with Crippen molar-refractivity contribution in [3.63, 3.8) is 0 Å². The molecular weight excluding hydrogens is 290 g/mol. The highest BCUT2D eigenvalue weighted by atomic mass is 16.2. The van der Waals surface area contributed by atoms with Crippen LogP contribution in [0.2, 0.25) is 0 Å². The molecule has 0 aromatic carbocycles. The standard InChI is InChI=1S/C17H23N5O/c1-12(2)17(23)22-6-4-13(11-22)8-14-9-18-10-15(20-14)16-19-5-7-21(16)3/h5,7,9-10,12-13H,4,6,8,11H2,1-3H3. The van der Waals surface area contributed by atoms with Gasteiger partial charge in [-0.1, -0.05) is 13.8 Å². The fourth-order valence-electron chi connectivity index (χ4n) is 3.09. The third kappa shape index (κ3) is 3.41. The first kappa shape index (κ1) is 15.6. The Labute approximate surface area is 136 Å². The number of likely N-dealkylation sites (tertiary alicyclic amines) is 1. The third-order valence-corrected chi connectivity index (χ3v) is 4.32. The van der Waals surface area contributed by atoms with Gasteiger partial charge in [-0.25, -0.2) is 9.97 Å². The van der Waals surface area contributed by atoms with Gasteiger partial charge in [-0.15, -0.1) is 0 Å². The number of carbonyl (C=O) groups excluding carboxylic acids is 1. The molecule has 1 saturated heterocycles. The van der Waals surface area contributed by atoms with Crippen molar-refractivity contribution in [1.29, 1.82) is 0 Å². The minimum Gasteiger partial charge on any atom is -0.342 e. The van der Waals surface area contributed by atoms with Crippen LogP contribution in [-0.2, 0) is 18.3 Å². The van der Waals surface area contributed by atoms with Gasteiger partial charge in [-0.05, 0) is 18.8 Å². The van der Waals surface area contributed by atoms with E-state index in [1.54, 1.807) is 12.4 Å². The average molecular weight is 313 g/mol. The van der Waals surface area contributed by atoms with E-state index in [1.165, 1.54) is 0 Å². The Bertz CT molecular complexity index is 694. The molecule has 0 saturated carbocycles. The van der Waals surface area contributed by atoms with Crippen LogP contribution >= 0.6 is 0 Å². The van der Waals surface area contributed by atoms with Gasteiger partial charge in [-0.2, -0.15) is 0 Å². The van der Waals surface area contributed by atoms with Crippen LogP contribution in [0.25, 0.3) is 11.5 Å². The number of nitrogens with zero attached hydrogens (tertiary/aromatic N) is 5. The molecule has 1 atom stereocenters. The van der Waals surface area contributed by atoms with Crippen molar-refractivity contribution in [3.05, 3.63) is 30.5 Å². The maximum absolute atomic E-state index is 12.1. The molecule has 23 heavy (non-hydrogen) atoms. The highest BCUT2D eigenvalue weighted by molar-refractivity contribution is 5.78. The van der Waals surface area contributed by atoms with Crippen LogP contribution in [-0.4, -0.2) is 43.4 Å². The van der Waals surface area contributed by atoms with E-state index < -0.39 is 0 Å². The van der Waals surface area contributed by atoms with Crippen LogP contribution < -0.4 is 0 Å². The number of imidazole rings is 1. The van der Waals surface area contributed by atoms with E-state index in [-0.39, 0.29) is 11.8 Å². The molecular formula is C17H23N5O. The van der Waals surface area contributed by atoms with Gasteiger partial charge in [0.15, 0.2) is 5.82 Å². The number of hydrogen-bond acceptors (Lipinski definition) is 4. The molecule has 1 aliphatic heterocycles. The van der Waals surface area contributed by atoms with Crippen molar-refractivity contribution in [2.75, 3.05) is 13.1 Å². The molecule has 0 bridgehead atoms. The lowest BCUT2D eigenvalue weighted by atomic mass is 10.0. The van der Waals surface area contributed by atoms with Gasteiger partial charge >= 0.3 is 0 Å². The normalized spacial score (nSPS) is 17.9. The van der Waals surface area contributed by atoms with E-state index in [0.717, 1.165) is 43.1 Å². The largest absolute Gasteiger partial charge is 0.342 e. The minimum atomic E-state index is 0.0697. The summed E-state index contributed by atoms with van der Waals surface area (Å²) in [5.74, 6) is 1.60. The summed E-state index contributed by atoms with van der Waals surface area (Å²) in [4.78, 5) is 27.4. The second-order valence-electron chi connectivity index (χ2n) is 6.56. The zero-order chi connectivity index (χ0) is 16.4. The molecule has 3 rings (SSSR count). The molecule has 1 unspecified atom stereocenters. The zero-order valence-corrected chi connectivity index (χ0v) is 13.9. The first-order valence-electron chi connectivity index (χ1n) is 8.12. The van der Waals surface area contributed by atoms with Crippen molar-refractivity contribution >= 4 is 5.91 Å². The van der Waals surface area contributed by atoms with Gasteiger partial charge in [0.2, 0.25) is 5.91 Å². The van der Waals surface area contributed by atoms with Crippen LogP contribution in [0.5, 0.6) is 0 Å². The molecule has 2 aromatic rings. The summed E-state index contributed by atoms with van der Waals surface area (Å²) in [5, 5.41) is 0. The number of carbonyl (C=O) groups is 1. The summed E-state index contributed by atoms with van der Waals surface area (Å²) in [6.45, 7) is 5.59. The van der Waals surface area contributed by atoms with Crippen molar-refractivity contribution < 1.29 is 4.79 Å². The van der Waals surface area contributed by atoms with Crippen molar-refractivity contribution in [2.24, 2.45) is 18.9 Å². The highest BCUT2D eigenvalue weighted by Gasteiger charge is 2.27. The molecule has 1 amide bonds. The molecule has 2 aromatic heterocycles. The van der Waals surface area contributed by atoms with E-state index in [0.29, 0.717) is 5.92 Å². The Kier molecular flexibility index (Phi) is 4.41. The number of amides is 1. The topological polar surface area (TPSA) is 63.9 Å². The average Bonchev–Trinajstić information content (AvgIpc) is 3.15. The van der Waals surface area contributed by atoms with Crippen LogP contribution in [0.4, 0.5) is 0 Å². The van der Waals surface area contributed by atoms with E-state index >= 15 is 0 Å². The Morgan fingerprint density at radius 3 is 2.91 bits per heavy atom. The summed E-state index contributed by atoms with van der Waals surface area (Å²) in [7, 11) is 1.95. The Balaban J connectivity index is 1.68. The van der Waals surface area contributed by atoms with Gasteiger partial charge in [0, 0.05) is 44.6 Å². The maximum atomic E-state index is 12.1. The number of rotatable bonds is 4. The lowest BCUT2D eigenvalue weighted by Gasteiger charge is -2.18. The molecule has 1 fully saturated rings. The van der Waals surface area contributed by atoms with Crippen molar-refractivity contribution in [1.82, 2.24) is 24.4 Å². The molecule has 0 radical (unpaired) electrons. The van der Waals surface area contributed by atoms with Crippen LogP contribution in [0.1, 0.15) is 26.0 Å². The second-order valence-corrected chi connectivity index (χ2v) is 6.56. The molecule has 6 heteroatoms. The maximum Gasteiger partial charge on any atom is 0.225 e. The van der Waals surface area contributed by atoms with Crippen LogP contribution in [0.15, 0.2) is 24.8 Å². The fraction of sp³-hybridized carbons (Fsp3) is 0.529. The highest BCUT2D eigenvalue weighted by Crippen LogP contribution is 2.22. The SMILES string of the molecule is CC(C)C(=O)N1CCC(Cc2cncc(-c3nccn3C)n2)C1. The van der Waals surface area contributed by atoms with Crippen LogP contribution in [0.3, 0.4) is 0 Å². The van der Waals surface area contributed by atoms with Crippen molar-refractivity contribution in [2.45, 2.75) is 26.7 Å². The van der Waals surface area contributed by atoms with Gasteiger partial charge in [0.1, 0.15) is 5.69 Å². The fourth-order valence-corrected chi connectivity index (χ4v) is 3.09. The Morgan fingerprint density at radius 2 is 2.22 bits per heavy atom. The van der Waals surface area contributed by atoms with Crippen molar-refractivity contribution in [3.8, 4) is 11.5 Å². The monoisotopic (exact) mass is 313 g/mol. The lowest BCUT2D eigenvalue weighted by Crippen LogP contribution is -2.32. The van der Waals surface area contributed by atoms with E-state index in [1.807, 2.05) is 42.8 Å². The van der Waals surface area contributed by atoms with E-state index in [4.69, 9.17) is 4.98 Å². The van der Waals surface area contributed by atoms with Gasteiger partial charge < -0.3 is 9.47 Å². The predicted molar refractivity (Wildman–Crippen MR) is 87.5 cm³/mol. The second kappa shape index (κ2) is 6.48. The smallest absolute Gasteiger partial charge is 0.225 e. The summed E-state index contributed by atoms with van der Waals surface area (Å²) in [6, 6.07) is 0. The summed E-state index contributed by atoms with van der Waals surface area (Å²) < 4.78 is 1.94. The number of hydrogen-bond donors (Lipinski definition) is 0. The van der Waals surface area contributed by atoms with Crippen LogP contribution in [0, 0.1) is 11.8 Å². The van der Waals surface area contributed by atoms with E-state index in [2.05, 4.69) is 9.97 Å². The molecule has 6 nitrogen and oxygen atoms in total. The quantitative estimate of drug-likeness (QED) is 0.865. The molecule has 3 heterocycles. The molecule has 1 aliphatic rings. The summed E-state index contributed by atoms with van der Waals surface area (Å²) in [6.07, 6.45) is 9.11. The summed E-state index contributed by atoms with van der Waals surface area (Å²) in [5.41, 5.74) is 1.76. The molecule has 0 spiro atoms. The first-order chi connectivity index (χ1) is 11.0. The molecule has 0 N–H and O–H groups in total. The predicted octanol–water partition coefficient (Wildman–Crippen LogP) is 1.92. The van der Waals surface area contributed by atoms with Gasteiger partial charge in [0.25, 0.3) is 0 Å². The lowest BCUT2D eigenvalue weighted by molar-refractivity contribution is -0.133. The Morgan fingerprint density at radius 1 is 1.39 bits per heavy atom. The third-order valence-electron chi connectivity index (χ3n) is 4.32. The zero-order valence-electron chi connectivity index (χ0n) is 13.9. The summed E-state index contributed by atoms with van der Waals surface area (Å²) >= 11 is 0. The van der Waals surface area contributed by atoms with Gasteiger partial charge in [-0.3, -0.25) is 9.78 Å². The minimum absolute atomic E-state index is 0.0697. The number of aryl methyl sites for hydroxylation is 1. The number of aromatic nitrogens is 4. The van der Waals surface area contributed by atoms with E-state index in [9.17, 15) is 4.79 Å². The van der Waals surface area contributed by atoms with Gasteiger partial charge in [0.05, 0.1) is 11.9 Å². The molecule has 0 aliphatic carbocycles. The Hall–Kier alpha value is -2.24. The molecule has 122 valence electrons. The first-order valence-corrected chi connectivity index (χ1v) is 8.12.